The fraction of sp³-hybridized carbons (Fsp3) is 0.300. The maximum absolute atomic E-state index is 10.9. The maximum Gasteiger partial charge on any atom is 0.254 e. The van der Waals surface area contributed by atoms with Crippen molar-refractivity contribution in [1.82, 2.24) is 5.43 Å². The van der Waals surface area contributed by atoms with E-state index in [4.69, 9.17) is 9.68 Å². The van der Waals surface area contributed by atoms with Gasteiger partial charge in [-0.1, -0.05) is 0 Å². The molecule has 0 spiro atoms. The molecule has 1 rings (SSSR count). The van der Waals surface area contributed by atoms with Crippen LogP contribution in [0.2, 0.25) is 0 Å². The molecule has 0 atom stereocenters. The molecule has 0 aliphatic rings. The summed E-state index contributed by atoms with van der Waals surface area (Å²) in [5, 5.41) is 12.0. The van der Waals surface area contributed by atoms with Crippen molar-refractivity contribution in [2.45, 2.75) is 20.3 Å². The summed E-state index contributed by atoms with van der Waals surface area (Å²) in [5.41, 5.74) is 2.82. The van der Waals surface area contributed by atoms with Crippen molar-refractivity contribution in [3.8, 4) is 6.07 Å². The average Bonchev–Trinajstić information content (AvgIpc) is 2.62. The van der Waals surface area contributed by atoms with Gasteiger partial charge in [0, 0.05) is 0 Å². The number of hydrogen-bond donors (Lipinski definition) is 1. The lowest BCUT2D eigenvalue weighted by molar-refractivity contribution is -0.120. The second-order valence-corrected chi connectivity index (χ2v) is 2.98. The van der Waals surface area contributed by atoms with Gasteiger partial charge in [0.15, 0.2) is 0 Å². The van der Waals surface area contributed by atoms with Crippen molar-refractivity contribution in [1.29, 1.82) is 5.26 Å². The smallest absolute Gasteiger partial charge is 0.254 e. The molecule has 1 N–H and O–H groups in total. The van der Waals surface area contributed by atoms with Crippen LogP contribution < -0.4 is 5.43 Å². The molecule has 0 radical (unpaired) electrons. The predicted molar refractivity (Wildman–Crippen MR) is 54.0 cm³/mol. The number of carbonyl (C=O) groups is 1. The minimum Gasteiger partial charge on any atom is -0.460 e. The molecule has 0 bridgehead atoms. The lowest BCUT2D eigenvalue weighted by Crippen LogP contribution is -2.18. The molecule has 0 unspecified atom stereocenters. The van der Waals surface area contributed by atoms with Crippen molar-refractivity contribution in [3.63, 3.8) is 0 Å². The minimum absolute atomic E-state index is 0.200. The Bertz CT molecular complexity index is 426. The molecular weight excluding hydrogens is 194 g/mol. The van der Waals surface area contributed by atoms with E-state index in [1.165, 1.54) is 0 Å². The largest absolute Gasteiger partial charge is 0.460 e. The zero-order chi connectivity index (χ0) is 11.3. The van der Waals surface area contributed by atoms with Gasteiger partial charge in [-0.15, -0.1) is 0 Å². The van der Waals surface area contributed by atoms with E-state index in [-0.39, 0.29) is 6.42 Å². The van der Waals surface area contributed by atoms with E-state index in [9.17, 15) is 4.79 Å². The Morgan fingerprint density at radius 2 is 2.40 bits per heavy atom. The van der Waals surface area contributed by atoms with E-state index >= 15 is 0 Å². The SMILES string of the molecule is C/C(=N\NC(=O)CC#N)c1ccc(C)o1. The summed E-state index contributed by atoms with van der Waals surface area (Å²) in [6.45, 7) is 3.54. The standard InChI is InChI=1S/C10H11N3O2/c1-7-3-4-9(15-7)8(2)12-13-10(14)5-6-11/h3-4H,5H2,1-2H3,(H,13,14)/b12-8+. The molecule has 1 heterocycles. The van der Waals surface area contributed by atoms with Crippen LogP contribution in [0.25, 0.3) is 0 Å². The number of hydrazone groups is 1. The van der Waals surface area contributed by atoms with Gasteiger partial charge in [-0.05, 0) is 26.0 Å². The van der Waals surface area contributed by atoms with Crippen LogP contribution in [0.15, 0.2) is 21.7 Å². The third-order valence-corrected chi connectivity index (χ3v) is 1.68. The van der Waals surface area contributed by atoms with E-state index in [1.54, 1.807) is 19.1 Å². The highest BCUT2D eigenvalue weighted by Gasteiger charge is 2.03. The topological polar surface area (TPSA) is 78.4 Å². The van der Waals surface area contributed by atoms with Crippen molar-refractivity contribution >= 4 is 11.6 Å². The summed E-state index contributed by atoms with van der Waals surface area (Å²) in [5.74, 6) is 0.952. The molecule has 78 valence electrons. The Morgan fingerprint density at radius 1 is 1.67 bits per heavy atom. The van der Waals surface area contributed by atoms with E-state index in [1.807, 2.05) is 13.0 Å². The van der Waals surface area contributed by atoms with Crippen LogP contribution >= 0.6 is 0 Å². The lowest BCUT2D eigenvalue weighted by Gasteiger charge is -1.97. The molecule has 5 nitrogen and oxygen atoms in total. The monoisotopic (exact) mass is 205 g/mol. The zero-order valence-electron chi connectivity index (χ0n) is 8.57. The molecule has 5 heteroatoms. The fourth-order valence-corrected chi connectivity index (χ4v) is 0.942. The van der Waals surface area contributed by atoms with Gasteiger partial charge in [-0.25, -0.2) is 5.43 Å². The van der Waals surface area contributed by atoms with E-state index in [0.717, 1.165) is 5.76 Å². The number of nitriles is 1. The van der Waals surface area contributed by atoms with E-state index in [2.05, 4.69) is 10.5 Å². The average molecular weight is 205 g/mol. The fourth-order valence-electron chi connectivity index (χ4n) is 0.942. The molecule has 0 aliphatic carbocycles. The molecule has 15 heavy (non-hydrogen) atoms. The van der Waals surface area contributed by atoms with E-state index < -0.39 is 5.91 Å². The third kappa shape index (κ3) is 3.27. The van der Waals surface area contributed by atoms with Crippen LogP contribution in [0.4, 0.5) is 0 Å². The third-order valence-electron chi connectivity index (χ3n) is 1.68. The van der Waals surface area contributed by atoms with Gasteiger partial charge in [0.1, 0.15) is 23.7 Å². The normalized spacial score (nSPS) is 10.9. The highest BCUT2D eigenvalue weighted by atomic mass is 16.3. The lowest BCUT2D eigenvalue weighted by atomic mass is 10.3. The quantitative estimate of drug-likeness (QED) is 0.597. The molecule has 0 saturated heterocycles. The number of nitrogens with zero attached hydrogens (tertiary/aromatic N) is 2. The van der Waals surface area contributed by atoms with Crippen molar-refractivity contribution < 1.29 is 9.21 Å². The number of hydrogen-bond acceptors (Lipinski definition) is 4. The van der Waals surface area contributed by atoms with Gasteiger partial charge in [0.05, 0.1) is 6.07 Å². The Kier molecular flexibility index (Phi) is 3.63. The van der Waals surface area contributed by atoms with Crippen LogP contribution in [0, 0.1) is 18.3 Å². The summed E-state index contributed by atoms with van der Waals surface area (Å²) >= 11 is 0. The zero-order valence-corrected chi connectivity index (χ0v) is 8.57. The predicted octanol–water partition coefficient (Wildman–Crippen LogP) is 1.34. The molecule has 0 saturated carbocycles. The van der Waals surface area contributed by atoms with Crippen molar-refractivity contribution in [2.24, 2.45) is 5.10 Å². The van der Waals surface area contributed by atoms with Gasteiger partial charge in [-0.2, -0.15) is 10.4 Å². The van der Waals surface area contributed by atoms with Gasteiger partial charge >= 0.3 is 0 Å². The maximum atomic E-state index is 10.9. The van der Waals surface area contributed by atoms with Gasteiger partial charge < -0.3 is 4.42 Å². The first-order valence-electron chi connectivity index (χ1n) is 4.40. The highest BCUT2D eigenvalue weighted by Crippen LogP contribution is 2.06. The molecule has 1 amide bonds. The van der Waals surface area contributed by atoms with Gasteiger partial charge in [0.25, 0.3) is 5.91 Å². The molecule has 1 aromatic heterocycles. The number of rotatable bonds is 3. The number of furan rings is 1. The number of amides is 1. The second-order valence-electron chi connectivity index (χ2n) is 2.98. The molecule has 1 aromatic rings. The molecule has 0 aromatic carbocycles. The Hall–Kier alpha value is -2.09. The molecule has 0 aliphatic heterocycles. The van der Waals surface area contributed by atoms with Crippen LogP contribution in [0.3, 0.4) is 0 Å². The van der Waals surface area contributed by atoms with Gasteiger partial charge in [0.2, 0.25) is 0 Å². The van der Waals surface area contributed by atoms with Crippen molar-refractivity contribution in [2.75, 3.05) is 0 Å². The summed E-state index contributed by atoms with van der Waals surface area (Å²) < 4.78 is 5.29. The van der Waals surface area contributed by atoms with Crippen LogP contribution in [0.5, 0.6) is 0 Å². The Labute approximate surface area is 87.4 Å². The summed E-state index contributed by atoms with van der Waals surface area (Å²) in [6.07, 6.45) is -0.200. The number of carbonyl (C=O) groups excluding carboxylic acids is 1. The summed E-state index contributed by atoms with van der Waals surface area (Å²) in [4.78, 5) is 10.9. The summed E-state index contributed by atoms with van der Waals surface area (Å²) in [6, 6.07) is 5.31. The van der Waals surface area contributed by atoms with Crippen LogP contribution in [-0.4, -0.2) is 11.6 Å². The minimum atomic E-state index is -0.430. The summed E-state index contributed by atoms with van der Waals surface area (Å²) in [7, 11) is 0. The molecule has 0 fully saturated rings. The highest BCUT2D eigenvalue weighted by molar-refractivity contribution is 5.96. The Balaban J connectivity index is 2.61. The van der Waals surface area contributed by atoms with Gasteiger partial charge in [-0.3, -0.25) is 4.79 Å². The van der Waals surface area contributed by atoms with E-state index in [0.29, 0.717) is 11.5 Å². The molecular formula is C10H11N3O2. The number of nitrogens with one attached hydrogen (secondary N) is 1. The second kappa shape index (κ2) is 4.96. The first-order chi connectivity index (χ1) is 7.13. The Morgan fingerprint density at radius 3 is 2.93 bits per heavy atom. The van der Waals surface area contributed by atoms with Crippen LogP contribution in [-0.2, 0) is 4.79 Å². The van der Waals surface area contributed by atoms with Crippen LogP contribution in [0.1, 0.15) is 24.9 Å². The number of aryl methyl sites for hydroxylation is 1. The first-order valence-corrected chi connectivity index (χ1v) is 4.40. The van der Waals surface area contributed by atoms with Crippen molar-refractivity contribution in [3.05, 3.63) is 23.7 Å². The first kappa shape index (κ1) is 11.0.